The zero-order valence-corrected chi connectivity index (χ0v) is 12.5. The molecule has 0 fully saturated rings. The number of sulfone groups is 1. The number of halogens is 7. The van der Waals surface area contributed by atoms with Crippen LogP contribution < -0.4 is 0 Å². The Balaban J connectivity index is 3.72. The van der Waals surface area contributed by atoms with E-state index in [0.717, 1.165) is 18.2 Å². The first-order valence-corrected chi connectivity index (χ1v) is 8.18. The van der Waals surface area contributed by atoms with Crippen molar-refractivity contribution in [3.63, 3.8) is 0 Å². The smallest absolute Gasteiger partial charge is 0.217 e. The summed E-state index contributed by atoms with van der Waals surface area (Å²) in [5.41, 5.74) is 0. The number of rotatable bonds is 4. The topological polar surface area (TPSA) is 68.3 Å². The van der Waals surface area contributed by atoms with E-state index in [9.17, 15) is 38.3 Å². The van der Waals surface area contributed by atoms with E-state index < -0.39 is 45.5 Å². The van der Waals surface area contributed by atoms with Crippen LogP contribution in [0.15, 0.2) is 23.1 Å². The molecule has 0 unspecified atom stereocenters. The maximum Gasteiger partial charge on any atom is 0.451 e. The second kappa shape index (κ2) is 5.21. The second-order valence-electron chi connectivity index (χ2n) is 3.53. The standard InChI is InChI=1S/C8H3Cl2F5O4S2/c9-4-2-1-3-5(10)6(4)20(16,17)7(11,12)8(13,14)21(15,18)19/h1-3H. The third kappa shape index (κ3) is 2.71. The third-order valence-electron chi connectivity index (χ3n) is 2.17. The fourth-order valence-electron chi connectivity index (χ4n) is 1.17. The van der Waals surface area contributed by atoms with Crippen molar-refractivity contribution in [2.45, 2.75) is 15.4 Å². The van der Waals surface area contributed by atoms with Crippen LogP contribution in [0.4, 0.5) is 21.4 Å². The van der Waals surface area contributed by atoms with E-state index in [4.69, 9.17) is 23.2 Å². The van der Waals surface area contributed by atoms with Gasteiger partial charge >= 0.3 is 20.7 Å². The highest BCUT2D eigenvalue weighted by Crippen LogP contribution is 2.48. The summed E-state index contributed by atoms with van der Waals surface area (Å²) in [4.78, 5) is -1.64. The van der Waals surface area contributed by atoms with Crippen molar-refractivity contribution in [1.29, 1.82) is 0 Å². The normalized spacial score (nSPS) is 14.2. The molecule has 0 aromatic heterocycles. The minimum atomic E-state index is -7.23. The molecule has 0 bridgehead atoms. The molecular formula is C8H3Cl2F5O4S2. The van der Waals surface area contributed by atoms with E-state index in [1.807, 2.05) is 0 Å². The first-order valence-electron chi connectivity index (χ1n) is 4.56. The molecule has 0 spiro atoms. The predicted molar refractivity (Wildman–Crippen MR) is 63.6 cm³/mol. The van der Waals surface area contributed by atoms with Crippen molar-refractivity contribution in [2.75, 3.05) is 0 Å². The SMILES string of the molecule is O=S(=O)(F)C(F)(F)C(F)(F)S(=O)(=O)c1c(Cl)cccc1Cl. The summed E-state index contributed by atoms with van der Waals surface area (Å²) >= 11 is 10.6. The molecule has 0 atom stereocenters. The van der Waals surface area contributed by atoms with E-state index in [1.54, 1.807) is 0 Å². The Morgan fingerprint density at radius 1 is 0.857 bits per heavy atom. The lowest BCUT2D eigenvalue weighted by atomic mass is 10.4. The molecular weight excluding hydrogens is 390 g/mol. The Morgan fingerprint density at radius 3 is 1.57 bits per heavy atom. The average molecular weight is 393 g/mol. The first kappa shape index (κ1) is 18.4. The lowest BCUT2D eigenvalue weighted by Gasteiger charge is -2.23. The van der Waals surface area contributed by atoms with Crippen LogP contribution in [0.25, 0.3) is 0 Å². The summed E-state index contributed by atoms with van der Waals surface area (Å²) < 4.78 is 109. The molecule has 1 aromatic carbocycles. The van der Waals surface area contributed by atoms with E-state index in [-0.39, 0.29) is 0 Å². The fraction of sp³-hybridized carbons (Fsp3) is 0.250. The fourth-order valence-corrected chi connectivity index (χ4v) is 4.30. The van der Waals surface area contributed by atoms with Gasteiger partial charge in [0.15, 0.2) is 0 Å². The molecule has 0 N–H and O–H groups in total. The molecule has 120 valence electrons. The quantitative estimate of drug-likeness (QED) is 0.582. The van der Waals surface area contributed by atoms with Crippen molar-refractivity contribution in [3.05, 3.63) is 28.2 Å². The van der Waals surface area contributed by atoms with E-state index >= 15 is 0 Å². The summed E-state index contributed by atoms with van der Waals surface area (Å²) in [7, 11) is -13.6. The van der Waals surface area contributed by atoms with Crippen molar-refractivity contribution in [2.24, 2.45) is 0 Å². The molecule has 0 saturated carbocycles. The van der Waals surface area contributed by atoms with Gasteiger partial charge in [0.2, 0.25) is 0 Å². The van der Waals surface area contributed by atoms with Gasteiger partial charge in [-0.3, -0.25) is 0 Å². The highest BCUT2D eigenvalue weighted by atomic mass is 35.5. The first-order chi connectivity index (χ1) is 9.18. The van der Waals surface area contributed by atoms with Gasteiger partial charge < -0.3 is 0 Å². The zero-order valence-electron chi connectivity index (χ0n) is 9.33. The number of hydrogen-bond acceptors (Lipinski definition) is 4. The van der Waals surface area contributed by atoms with Crippen LogP contribution in [0.5, 0.6) is 0 Å². The molecule has 0 aliphatic rings. The van der Waals surface area contributed by atoms with Crippen molar-refractivity contribution in [3.8, 4) is 0 Å². The zero-order chi connectivity index (χ0) is 16.9. The van der Waals surface area contributed by atoms with E-state index in [2.05, 4.69) is 0 Å². The largest absolute Gasteiger partial charge is 0.451 e. The van der Waals surface area contributed by atoms with Crippen LogP contribution in [-0.4, -0.2) is 27.3 Å². The van der Waals surface area contributed by atoms with Crippen LogP contribution in [0.3, 0.4) is 0 Å². The minimum absolute atomic E-state index is 0.735. The van der Waals surface area contributed by atoms with Crippen LogP contribution in [-0.2, 0) is 20.1 Å². The molecule has 0 radical (unpaired) electrons. The van der Waals surface area contributed by atoms with Crippen LogP contribution in [0.1, 0.15) is 0 Å². The Bertz CT molecular complexity index is 756. The molecule has 0 aliphatic carbocycles. The van der Waals surface area contributed by atoms with Gasteiger partial charge in [-0.15, -0.1) is 0 Å². The molecule has 0 saturated heterocycles. The van der Waals surface area contributed by atoms with Crippen LogP contribution in [0, 0.1) is 0 Å². The summed E-state index contributed by atoms with van der Waals surface area (Å²) in [6.07, 6.45) is 0. The Morgan fingerprint density at radius 2 is 1.24 bits per heavy atom. The molecule has 0 heterocycles. The van der Waals surface area contributed by atoms with Crippen molar-refractivity contribution >= 4 is 43.3 Å². The van der Waals surface area contributed by atoms with Gasteiger partial charge in [0, 0.05) is 0 Å². The van der Waals surface area contributed by atoms with E-state index in [1.165, 1.54) is 0 Å². The minimum Gasteiger partial charge on any atom is -0.217 e. The number of benzene rings is 1. The maximum absolute atomic E-state index is 13.4. The molecule has 0 aliphatic heterocycles. The predicted octanol–water partition coefficient (Wildman–Crippen LogP) is 3.25. The van der Waals surface area contributed by atoms with Gasteiger partial charge in [-0.25, -0.2) is 8.42 Å². The van der Waals surface area contributed by atoms with Crippen LogP contribution in [0.2, 0.25) is 10.0 Å². The Labute approximate surface area is 125 Å². The monoisotopic (exact) mass is 392 g/mol. The lowest BCUT2D eigenvalue weighted by molar-refractivity contribution is -0.0992. The second-order valence-corrected chi connectivity index (χ2v) is 7.66. The molecule has 4 nitrogen and oxygen atoms in total. The van der Waals surface area contributed by atoms with E-state index in [0.29, 0.717) is 0 Å². The summed E-state index contributed by atoms with van der Waals surface area (Å²) in [6, 6.07) is 2.49. The molecule has 13 heteroatoms. The summed E-state index contributed by atoms with van der Waals surface area (Å²) in [6.45, 7) is 0. The molecule has 1 aromatic rings. The lowest BCUT2D eigenvalue weighted by Crippen LogP contribution is -2.50. The van der Waals surface area contributed by atoms with Gasteiger partial charge in [-0.2, -0.15) is 26.0 Å². The molecule has 1 rings (SSSR count). The Kier molecular flexibility index (Phi) is 4.57. The van der Waals surface area contributed by atoms with Gasteiger partial charge in [-0.1, -0.05) is 33.2 Å². The number of alkyl halides is 4. The van der Waals surface area contributed by atoms with Crippen molar-refractivity contribution < 1.29 is 38.3 Å². The Hall–Kier alpha value is -0.650. The highest BCUT2D eigenvalue weighted by molar-refractivity contribution is 7.95. The van der Waals surface area contributed by atoms with Gasteiger partial charge in [0.25, 0.3) is 9.84 Å². The number of hydrogen-bond donors (Lipinski definition) is 0. The molecule has 0 amide bonds. The van der Waals surface area contributed by atoms with Crippen LogP contribution >= 0.6 is 23.2 Å². The van der Waals surface area contributed by atoms with Gasteiger partial charge in [0.05, 0.1) is 10.0 Å². The highest BCUT2D eigenvalue weighted by Gasteiger charge is 2.74. The average Bonchev–Trinajstić information content (AvgIpc) is 2.26. The third-order valence-corrected chi connectivity index (χ3v) is 5.93. The summed E-state index contributed by atoms with van der Waals surface area (Å²) in [5.74, 6) is 0. The van der Waals surface area contributed by atoms with Gasteiger partial charge in [-0.05, 0) is 12.1 Å². The molecule has 21 heavy (non-hydrogen) atoms. The van der Waals surface area contributed by atoms with Gasteiger partial charge in [0.1, 0.15) is 4.90 Å². The van der Waals surface area contributed by atoms with Crippen molar-refractivity contribution in [1.82, 2.24) is 0 Å². The summed E-state index contributed by atoms with van der Waals surface area (Å²) in [5, 5.41) is -14.8. The maximum atomic E-state index is 13.4.